The smallest absolute Gasteiger partial charge is 0.289 e. The van der Waals surface area contributed by atoms with Gasteiger partial charge in [0.2, 0.25) is 10.0 Å². The molecule has 0 amide bonds. The van der Waals surface area contributed by atoms with Crippen molar-refractivity contribution < 1.29 is 13.3 Å². The van der Waals surface area contributed by atoms with Crippen LogP contribution in [0.25, 0.3) is 0 Å². The van der Waals surface area contributed by atoms with E-state index in [-0.39, 0.29) is 17.5 Å². The molecule has 0 radical (unpaired) electrons. The average Bonchev–Trinajstić information content (AvgIpc) is 2.54. The van der Waals surface area contributed by atoms with E-state index in [2.05, 4.69) is 14.5 Å². The Kier molecular flexibility index (Phi) is 4.13. The Morgan fingerprint density at radius 3 is 2.50 bits per heavy atom. The predicted molar refractivity (Wildman–Crippen MR) is 80.1 cm³/mol. The predicted octanol–water partition coefficient (Wildman–Crippen LogP) is -0.127. The van der Waals surface area contributed by atoms with Crippen LogP contribution in [-0.4, -0.2) is 68.5 Å². The lowest BCUT2D eigenvalue weighted by Crippen LogP contribution is -2.63. The molecule has 1 N–H and O–H groups in total. The molecule has 3 aliphatic heterocycles. The highest BCUT2D eigenvalue weighted by Gasteiger charge is 2.33. The van der Waals surface area contributed by atoms with Gasteiger partial charge in [-0.2, -0.15) is 0 Å². The number of fused-ring (bicyclic) bond motifs is 3. The Bertz CT molecular complexity index is 670. The molecule has 1 aromatic carbocycles. The van der Waals surface area contributed by atoms with Crippen LogP contribution in [0.15, 0.2) is 29.2 Å². The maximum Gasteiger partial charge on any atom is 0.289 e. The minimum Gasteiger partial charge on any atom is -0.299 e. The highest BCUT2D eigenvalue weighted by atomic mass is 32.2. The highest BCUT2D eigenvalue weighted by molar-refractivity contribution is 7.89. The first-order chi connectivity index (χ1) is 10.5. The molecule has 3 heterocycles. The second-order valence-electron chi connectivity index (χ2n) is 5.57. The number of nitrogens with zero attached hydrogens (tertiary/aromatic N) is 3. The molecule has 3 saturated heterocycles. The number of nitro benzene ring substituents is 1. The van der Waals surface area contributed by atoms with Gasteiger partial charge in [0.15, 0.2) is 4.90 Å². The van der Waals surface area contributed by atoms with Crippen molar-refractivity contribution in [3.05, 3.63) is 34.4 Å². The van der Waals surface area contributed by atoms with Crippen LogP contribution < -0.4 is 4.72 Å². The first-order valence-corrected chi connectivity index (χ1v) is 8.65. The summed E-state index contributed by atoms with van der Waals surface area (Å²) in [5.74, 6) is 0. The van der Waals surface area contributed by atoms with Gasteiger partial charge in [0, 0.05) is 51.4 Å². The van der Waals surface area contributed by atoms with Gasteiger partial charge in [0.05, 0.1) is 4.92 Å². The minimum atomic E-state index is -3.89. The number of rotatable bonds is 5. The van der Waals surface area contributed by atoms with Gasteiger partial charge in [0.1, 0.15) is 0 Å². The van der Waals surface area contributed by atoms with Crippen molar-refractivity contribution in [1.29, 1.82) is 0 Å². The summed E-state index contributed by atoms with van der Waals surface area (Å²) in [5, 5.41) is 11.0. The number of piperazine rings is 3. The van der Waals surface area contributed by atoms with Crippen LogP contribution in [0.3, 0.4) is 0 Å². The summed E-state index contributed by atoms with van der Waals surface area (Å²) in [5.41, 5.74) is -0.399. The van der Waals surface area contributed by atoms with Gasteiger partial charge in [-0.15, -0.1) is 0 Å². The molecule has 0 aliphatic carbocycles. The van der Waals surface area contributed by atoms with Crippen LogP contribution in [0.1, 0.15) is 0 Å². The fraction of sp³-hybridized carbons (Fsp3) is 0.538. The maximum atomic E-state index is 12.4. The molecule has 0 aromatic heterocycles. The molecule has 0 spiro atoms. The number of para-hydroxylation sites is 1. The normalized spacial score (nSPS) is 27.7. The van der Waals surface area contributed by atoms with Crippen LogP contribution in [0.2, 0.25) is 0 Å². The Morgan fingerprint density at radius 1 is 1.23 bits per heavy atom. The third kappa shape index (κ3) is 2.98. The zero-order valence-corrected chi connectivity index (χ0v) is 12.8. The largest absolute Gasteiger partial charge is 0.299 e. The molecule has 1 unspecified atom stereocenters. The molecular weight excluding hydrogens is 308 g/mol. The molecule has 22 heavy (non-hydrogen) atoms. The summed E-state index contributed by atoms with van der Waals surface area (Å²) in [6.45, 7) is 5.03. The molecule has 4 rings (SSSR count). The molecule has 120 valence electrons. The van der Waals surface area contributed by atoms with E-state index < -0.39 is 20.6 Å². The summed E-state index contributed by atoms with van der Waals surface area (Å²) in [7, 11) is -3.89. The van der Waals surface area contributed by atoms with Gasteiger partial charge >= 0.3 is 0 Å². The lowest BCUT2D eigenvalue weighted by molar-refractivity contribution is -0.387. The van der Waals surface area contributed by atoms with E-state index in [0.717, 1.165) is 32.7 Å². The van der Waals surface area contributed by atoms with Crippen molar-refractivity contribution >= 4 is 15.7 Å². The standard InChI is InChI=1S/C13H18N4O4S/c18-17(19)12-3-1-2-4-13(12)22(20,21)14-9-11-10-15-5-7-16(11)8-6-15/h1-4,11,14H,5-10H2. The van der Waals surface area contributed by atoms with E-state index in [9.17, 15) is 18.5 Å². The molecule has 0 saturated carbocycles. The molecule has 3 fully saturated rings. The number of hydrogen-bond acceptors (Lipinski definition) is 6. The molecule has 2 bridgehead atoms. The SMILES string of the molecule is O=[N+]([O-])c1ccccc1S(=O)(=O)NCC1CN2CCN1CC2. The molecule has 1 atom stereocenters. The topological polar surface area (TPSA) is 95.8 Å². The van der Waals surface area contributed by atoms with Gasteiger partial charge in [-0.3, -0.25) is 19.9 Å². The number of nitrogens with one attached hydrogen (secondary N) is 1. The van der Waals surface area contributed by atoms with E-state index >= 15 is 0 Å². The fourth-order valence-electron chi connectivity index (χ4n) is 3.04. The Morgan fingerprint density at radius 2 is 1.91 bits per heavy atom. The molecule has 9 heteroatoms. The van der Waals surface area contributed by atoms with Crippen LogP contribution in [0.4, 0.5) is 5.69 Å². The van der Waals surface area contributed by atoms with E-state index in [4.69, 9.17) is 0 Å². The van der Waals surface area contributed by atoms with Crippen LogP contribution in [0.5, 0.6) is 0 Å². The molecule has 3 aliphatic rings. The monoisotopic (exact) mass is 326 g/mol. The molecule has 8 nitrogen and oxygen atoms in total. The van der Waals surface area contributed by atoms with Gasteiger partial charge < -0.3 is 0 Å². The number of hydrogen-bond donors (Lipinski definition) is 1. The fourth-order valence-corrected chi connectivity index (χ4v) is 4.28. The van der Waals surface area contributed by atoms with Crippen molar-refractivity contribution in [3.63, 3.8) is 0 Å². The van der Waals surface area contributed by atoms with Crippen LogP contribution >= 0.6 is 0 Å². The van der Waals surface area contributed by atoms with Crippen molar-refractivity contribution in [3.8, 4) is 0 Å². The van der Waals surface area contributed by atoms with Crippen molar-refractivity contribution in [2.75, 3.05) is 39.3 Å². The lowest BCUT2D eigenvalue weighted by Gasteiger charge is -2.47. The summed E-state index contributed by atoms with van der Waals surface area (Å²) in [6, 6.07) is 5.53. The van der Waals surface area contributed by atoms with Gasteiger partial charge in [-0.1, -0.05) is 12.1 Å². The van der Waals surface area contributed by atoms with Crippen molar-refractivity contribution in [2.45, 2.75) is 10.9 Å². The lowest BCUT2D eigenvalue weighted by atomic mass is 10.1. The quantitative estimate of drug-likeness (QED) is 0.598. The maximum absolute atomic E-state index is 12.4. The second-order valence-corrected chi connectivity index (χ2v) is 7.30. The first-order valence-electron chi connectivity index (χ1n) is 7.17. The van der Waals surface area contributed by atoms with Crippen LogP contribution in [-0.2, 0) is 10.0 Å². The van der Waals surface area contributed by atoms with Crippen LogP contribution in [0, 0.1) is 10.1 Å². The van der Waals surface area contributed by atoms with E-state index in [1.807, 2.05) is 0 Å². The summed E-state index contributed by atoms with van der Waals surface area (Å²) in [6.07, 6.45) is 0. The summed E-state index contributed by atoms with van der Waals surface area (Å²) in [4.78, 5) is 14.6. The Labute approximate surface area is 128 Å². The third-order valence-corrected chi connectivity index (χ3v) is 5.72. The summed E-state index contributed by atoms with van der Waals surface area (Å²) < 4.78 is 27.2. The zero-order chi connectivity index (χ0) is 15.7. The van der Waals surface area contributed by atoms with Gasteiger partial charge in [0.25, 0.3) is 5.69 Å². The van der Waals surface area contributed by atoms with Gasteiger partial charge in [-0.05, 0) is 6.07 Å². The Balaban J connectivity index is 1.73. The molecular formula is C13H18N4O4S. The van der Waals surface area contributed by atoms with E-state index in [0.29, 0.717) is 0 Å². The van der Waals surface area contributed by atoms with Crippen molar-refractivity contribution in [1.82, 2.24) is 14.5 Å². The second kappa shape index (κ2) is 5.92. The number of sulfonamides is 1. The number of benzene rings is 1. The third-order valence-electron chi connectivity index (χ3n) is 4.25. The average molecular weight is 326 g/mol. The summed E-state index contributed by atoms with van der Waals surface area (Å²) >= 11 is 0. The zero-order valence-electron chi connectivity index (χ0n) is 12.0. The van der Waals surface area contributed by atoms with E-state index in [1.54, 1.807) is 0 Å². The first kappa shape index (κ1) is 15.3. The molecule has 1 aromatic rings. The van der Waals surface area contributed by atoms with E-state index in [1.165, 1.54) is 24.3 Å². The Hall–Kier alpha value is -1.55. The minimum absolute atomic E-state index is 0.125. The highest BCUT2D eigenvalue weighted by Crippen LogP contribution is 2.23. The van der Waals surface area contributed by atoms with Crippen molar-refractivity contribution in [2.24, 2.45) is 0 Å². The van der Waals surface area contributed by atoms with Gasteiger partial charge in [-0.25, -0.2) is 13.1 Å². The number of nitro groups is 1.